The minimum absolute atomic E-state index is 0. The minimum atomic E-state index is 0. The first-order chi connectivity index (χ1) is 5.29. The molecule has 0 N–H and O–H groups in total. The fourth-order valence-electron chi connectivity index (χ4n) is 1.05. The highest BCUT2D eigenvalue weighted by Gasteiger charge is 2.03. The third kappa shape index (κ3) is 3.33. The number of para-hydroxylation sites is 1. The van der Waals surface area contributed by atoms with Gasteiger partial charge in [0.2, 0.25) is 0 Å². The Morgan fingerprint density at radius 1 is 1.00 bits per heavy atom. The van der Waals surface area contributed by atoms with Crippen LogP contribution in [0.2, 0.25) is 0 Å². The van der Waals surface area contributed by atoms with E-state index in [2.05, 4.69) is 0 Å². The number of benzene rings is 1. The molecule has 0 aliphatic rings. The Morgan fingerprint density at radius 2 is 1.62 bits per heavy atom. The molecule has 0 amide bonds. The molecule has 0 aliphatic carbocycles. The van der Waals surface area contributed by atoms with Gasteiger partial charge in [-0.3, -0.25) is 0 Å². The number of ether oxygens (including phenoxy) is 2. The van der Waals surface area contributed by atoms with Crippen molar-refractivity contribution in [2.75, 3.05) is 14.2 Å². The third-order valence-corrected chi connectivity index (χ3v) is 1.60. The van der Waals surface area contributed by atoms with Gasteiger partial charge in [0, 0.05) is 0 Å². The summed E-state index contributed by atoms with van der Waals surface area (Å²) in [6, 6.07) is 5.81. The summed E-state index contributed by atoms with van der Waals surface area (Å²) < 4.78 is 10.2. The van der Waals surface area contributed by atoms with E-state index in [0.29, 0.717) is 0 Å². The molecule has 0 aromatic heterocycles. The summed E-state index contributed by atoms with van der Waals surface area (Å²) in [5, 5.41) is 0. The van der Waals surface area contributed by atoms with Gasteiger partial charge in [-0.15, -0.1) is 24.8 Å². The van der Waals surface area contributed by atoms with Crippen molar-refractivity contribution in [3.8, 4) is 11.5 Å². The summed E-state index contributed by atoms with van der Waals surface area (Å²) in [6.07, 6.45) is 0. The molecule has 0 bridgehead atoms. The Morgan fingerprint density at radius 3 is 2.00 bits per heavy atom. The van der Waals surface area contributed by atoms with Crippen LogP contribution in [0.5, 0.6) is 11.5 Å². The maximum atomic E-state index is 5.14. The summed E-state index contributed by atoms with van der Waals surface area (Å²) in [4.78, 5) is 0. The highest BCUT2D eigenvalue weighted by atomic mass is 35.5. The van der Waals surface area contributed by atoms with E-state index in [1.54, 1.807) is 14.2 Å². The summed E-state index contributed by atoms with van der Waals surface area (Å²) in [7, 11) is 3.28. The van der Waals surface area contributed by atoms with E-state index in [4.69, 9.17) is 9.47 Å². The normalized spacial score (nSPS) is 7.92. The summed E-state index contributed by atoms with van der Waals surface area (Å²) in [5.41, 5.74) is 1.09. The molecule has 0 radical (unpaired) electrons. The van der Waals surface area contributed by atoms with E-state index in [1.165, 1.54) is 0 Å². The molecule has 0 atom stereocenters. The van der Waals surface area contributed by atoms with Crippen LogP contribution in [-0.4, -0.2) is 14.2 Å². The average molecular weight is 225 g/mol. The largest absolute Gasteiger partial charge is 0.493 e. The van der Waals surface area contributed by atoms with E-state index in [-0.39, 0.29) is 24.8 Å². The van der Waals surface area contributed by atoms with E-state index in [9.17, 15) is 0 Å². The molecule has 0 unspecified atom stereocenters. The Bertz CT molecular complexity index is 251. The zero-order valence-electron chi connectivity index (χ0n) is 7.87. The second kappa shape index (κ2) is 6.87. The molecular formula is C9H14Cl2O2. The van der Waals surface area contributed by atoms with E-state index in [0.717, 1.165) is 17.1 Å². The van der Waals surface area contributed by atoms with Crippen LogP contribution in [0.3, 0.4) is 0 Å². The lowest BCUT2D eigenvalue weighted by atomic mass is 10.2. The van der Waals surface area contributed by atoms with Crippen LogP contribution in [0.4, 0.5) is 0 Å². The lowest BCUT2D eigenvalue weighted by Gasteiger charge is -2.08. The van der Waals surface area contributed by atoms with Crippen molar-refractivity contribution in [2.24, 2.45) is 0 Å². The fourth-order valence-corrected chi connectivity index (χ4v) is 1.05. The molecule has 2 nitrogen and oxygen atoms in total. The van der Waals surface area contributed by atoms with Crippen LogP contribution in [-0.2, 0) is 0 Å². The predicted molar refractivity (Wildman–Crippen MR) is 58.8 cm³/mol. The van der Waals surface area contributed by atoms with Crippen molar-refractivity contribution in [1.82, 2.24) is 0 Å². The molecule has 1 aromatic rings. The van der Waals surface area contributed by atoms with Crippen LogP contribution >= 0.6 is 24.8 Å². The molecule has 13 heavy (non-hydrogen) atoms. The van der Waals surface area contributed by atoms with Gasteiger partial charge in [0.25, 0.3) is 0 Å². The van der Waals surface area contributed by atoms with Crippen molar-refractivity contribution in [2.45, 2.75) is 6.92 Å². The minimum Gasteiger partial charge on any atom is -0.493 e. The van der Waals surface area contributed by atoms with Crippen molar-refractivity contribution in [3.05, 3.63) is 23.8 Å². The molecule has 0 aliphatic heterocycles. The van der Waals surface area contributed by atoms with Crippen molar-refractivity contribution >= 4 is 24.8 Å². The van der Waals surface area contributed by atoms with Gasteiger partial charge in [-0.05, 0) is 18.6 Å². The van der Waals surface area contributed by atoms with Crippen LogP contribution < -0.4 is 9.47 Å². The predicted octanol–water partition coefficient (Wildman–Crippen LogP) is 2.86. The molecule has 0 heterocycles. The highest BCUT2D eigenvalue weighted by molar-refractivity contribution is 5.85. The molecule has 1 aromatic carbocycles. The quantitative estimate of drug-likeness (QED) is 0.770. The van der Waals surface area contributed by atoms with E-state index in [1.807, 2.05) is 25.1 Å². The molecule has 0 fully saturated rings. The highest BCUT2D eigenvalue weighted by Crippen LogP contribution is 2.29. The first-order valence-corrected chi connectivity index (χ1v) is 3.47. The van der Waals surface area contributed by atoms with Crippen molar-refractivity contribution in [3.63, 3.8) is 0 Å². The molecular weight excluding hydrogens is 211 g/mol. The van der Waals surface area contributed by atoms with Crippen LogP contribution in [0.15, 0.2) is 18.2 Å². The summed E-state index contributed by atoms with van der Waals surface area (Å²) in [5.74, 6) is 1.60. The number of aryl methyl sites for hydroxylation is 1. The lowest BCUT2D eigenvalue weighted by Crippen LogP contribution is -1.91. The van der Waals surface area contributed by atoms with Crippen molar-refractivity contribution < 1.29 is 9.47 Å². The summed E-state index contributed by atoms with van der Waals surface area (Å²) >= 11 is 0. The van der Waals surface area contributed by atoms with Crippen LogP contribution in [0, 0.1) is 6.92 Å². The first kappa shape index (κ1) is 14.9. The SMILES string of the molecule is COc1cccc(C)c1OC.Cl.Cl. The number of rotatable bonds is 2. The molecule has 4 heteroatoms. The first-order valence-electron chi connectivity index (χ1n) is 3.47. The van der Waals surface area contributed by atoms with Gasteiger partial charge in [0.1, 0.15) is 0 Å². The van der Waals surface area contributed by atoms with E-state index >= 15 is 0 Å². The van der Waals surface area contributed by atoms with Gasteiger partial charge in [0.05, 0.1) is 14.2 Å². The van der Waals surface area contributed by atoms with Gasteiger partial charge in [0.15, 0.2) is 11.5 Å². The molecule has 1 rings (SSSR count). The summed E-state index contributed by atoms with van der Waals surface area (Å²) in [6.45, 7) is 1.99. The smallest absolute Gasteiger partial charge is 0.163 e. The zero-order valence-corrected chi connectivity index (χ0v) is 9.50. The second-order valence-electron chi connectivity index (χ2n) is 2.31. The van der Waals surface area contributed by atoms with Gasteiger partial charge < -0.3 is 9.47 Å². The number of hydrogen-bond donors (Lipinski definition) is 0. The second-order valence-corrected chi connectivity index (χ2v) is 2.31. The van der Waals surface area contributed by atoms with Gasteiger partial charge in [-0.2, -0.15) is 0 Å². The van der Waals surface area contributed by atoms with Gasteiger partial charge in [-0.1, -0.05) is 12.1 Å². The Labute approximate surface area is 91.1 Å². The maximum Gasteiger partial charge on any atom is 0.163 e. The Balaban J connectivity index is 0. The molecule has 0 saturated carbocycles. The lowest BCUT2D eigenvalue weighted by molar-refractivity contribution is 0.353. The van der Waals surface area contributed by atoms with Crippen LogP contribution in [0.1, 0.15) is 5.56 Å². The van der Waals surface area contributed by atoms with Gasteiger partial charge >= 0.3 is 0 Å². The Hall–Kier alpha value is -0.600. The fraction of sp³-hybridized carbons (Fsp3) is 0.333. The zero-order chi connectivity index (χ0) is 8.27. The maximum absolute atomic E-state index is 5.14. The van der Waals surface area contributed by atoms with Crippen molar-refractivity contribution in [1.29, 1.82) is 0 Å². The number of methoxy groups -OCH3 is 2. The number of halogens is 2. The third-order valence-electron chi connectivity index (χ3n) is 1.60. The standard InChI is InChI=1S/C9H12O2.2ClH/c1-7-5-4-6-8(10-2)9(7)11-3;;/h4-6H,1-3H3;2*1H. The molecule has 0 spiro atoms. The average Bonchev–Trinajstić information content (AvgIpc) is 2.04. The monoisotopic (exact) mass is 224 g/mol. The molecule has 0 saturated heterocycles. The number of hydrogen-bond acceptors (Lipinski definition) is 2. The van der Waals surface area contributed by atoms with E-state index < -0.39 is 0 Å². The topological polar surface area (TPSA) is 18.5 Å². The van der Waals surface area contributed by atoms with Gasteiger partial charge in [-0.25, -0.2) is 0 Å². The molecule has 76 valence electrons. The Kier molecular flexibility index (Phi) is 7.87. The van der Waals surface area contributed by atoms with Crippen LogP contribution in [0.25, 0.3) is 0 Å².